The second-order valence-corrected chi connectivity index (χ2v) is 12.5. The SMILES string of the molecule is CCCCOC(=O)c1c(CC(C)C)sc(S(N)(=O)=O)c1-c1cccc(Cn2ccnc2-c2ccccc2)c1. The Hall–Kier alpha value is -3.27. The van der Waals surface area contributed by atoms with Gasteiger partial charge in [0.1, 0.15) is 10.0 Å². The first kappa shape index (κ1) is 27.8. The first-order chi connectivity index (χ1) is 18.2. The van der Waals surface area contributed by atoms with Crippen LogP contribution in [0.5, 0.6) is 0 Å². The van der Waals surface area contributed by atoms with Gasteiger partial charge in [-0.1, -0.05) is 75.7 Å². The molecule has 0 fully saturated rings. The summed E-state index contributed by atoms with van der Waals surface area (Å²) in [5.41, 5.74) is 3.17. The van der Waals surface area contributed by atoms with Crippen molar-refractivity contribution >= 4 is 27.3 Å². The van der Waals surface area contributed by atoms with Crippen LogP contribution in [0.3, 0.4) is 0 Å². The van der Waals surface area contributed by atoms with Crippen LogP contribution >= 0.6 is 11.3 Å². The Labute approximate surface area is 228 Å². The molecule has 2 heterocycles. The maximum Gasteiger partial charge on any atom is 0.339 e. The van der Waals surface area contributed by atoms with E-state index in [4.69, 9.17) is 9.88 Å². The van der Waals surface area contributed by atoms with E-state index in [9.17, 15) is 13.2 Å². The zero-order valence-electron chi connectivity index (χ0n) is 21.9. The monoisotopic (exact) mass is 551 g/mol. The molecule has 0 aliphatic heterocycles. The van der Waals surface area contributed by atoms with E-state index < -0.39 is 16.0 Å². The van der Waals surface area contributed by atoms with Gasteiger partial charge in [-0.25, -0.2) is 23.3 Å². The van der Waals surface area contributed by atoms with Gasteiger partial charge < -0.3 is 9.30 Å². The van der Waals surface area contributed by atoms with Crippen molar-refractivity contribution in [1.29, 1.82) is 0 Å². The first-order valence-electron chi connectivity index (χ1n) is 12.7. The zero-order valence-corrected chi connectivity index (χ0v) is 23.5. The number of hydrogen-bond acceptors (Lipinski definition) is 6. The van der Waals surface area contributed by atoms with Crippen molar-refractivity contribution in [3.05, 3.63) is 83.0 Å². The molecule has 200 valence electrons. The van der Waals surface area contributed by atoms with Crippen LogP contribution in [0, 0.1) is 5.92 Å². The van der Waals surface area contributed by atoms with Crippen LogP contribution < -0.4 is 5.14 Å². The van der Waals surface area contributed by atoms with E-state index in [0.29, 0.717) is 34.5 Å². The van der Waals surface area contributed by atoms with Gasteiger partial charge in [0.05, 0.1) is 12.2 Å². The van der Waals surface area contributed by atoms with Crippen molar-refractivity contribution in [2.45, 2.75) is 50.8 Å². The standard InChI is InChI=1S/C29H33N3O4S2/c1-4-5-16-36-28(33)26-24(17-20(2)3)37-29(38(30,34)35)25(26)23-13-9-10-21(18-23)19-32-15-14-31-27(32)22-11-7-6-8-12-22/h6-15,18,20H,4-5,16-17,19H2,1-3H3,(H2,30,34,35). The molecule has 38 heavy (non-hydrogen) atoms. The highest BCUT2D eigenvalue weighted by Crippen LogP contribution is 2.41. The van der Waals surface area contributed by atoms with Gasteiger partial charge in [0.25, 0.3) is 0 Å². The van der Waals surface area contributed by atoms with Gasteiger partial charge in [0, 0.05) is 34.9 Å². The molecule has 2 aromatic carbocycles. The molecule has 0 aliphatic carbocycles. The van der Waals surface area contributed by atoms with Crippen LogP contribution in [-0.4, -0.2) is 30.5 Å². The number of carbonyl (C=O) groups is 1. The molecule has 0 saturated heterocycles. The molecule has 9 heteroatoms. The highest BCUT2D eigenvalue weighted by molar-refractivity contribution is 7.91. The minimum Gasteiger partial charge on any atom is -0.462 e. The number of unbranched alkanes of at least 4 members (excludes halogenated alkanes) is 1. The maximum absolute atomic E-state index is 13.3. The summed E-state index contributed by atoms with van der Waals surface area (Å²) >= 11 is 1.07. The number of primary sulfonamides is 1. The Morgan fingerprint density at radius 2 is 1.84 bits per heavy atom. The second-order valence-electron chi connectivity index (χ2n) is 9.64. The number of rotatable bonds is 11. The molecule has 0 atom stereocenters. The van der Waals surface area contributed by atoms with Crippen LogP contribution in [0.25, 0.3) is 22.5 Å². The zero-order chi connectivity index (χ0) is 27.3. The fourth-order valence-electron chi connectivity index (χ4n) is 4.34. The Bertz CT molecular complexity index is 1510. The predicted octanol–water partition coefficient (Wildman–Crippen LogP) is 6.13. The maximum atomic E-state index is 13.3. The van der Waals surface area contributed by atoms with E-state index >= 15 is 0 Å². The van der Waals surface area contributed by atoms with Gasteiger partial charge in [0.15, 0.2) is 0 Å². The van der Waals surface area contributed by atoms with Gasteiger partial charge in [0.2, 0.25) is 10.0 Å². The number of benzene rings is 2. The summed E-state index contributed by atoms with van der Waals surface area (Å²) in [7, 11) is -4.09. The molecule has 7 nitrogen and oxygen atoms in total. The van der Waals surface area contributed by atoms with E-state index in [1.165, 1.54) is 0 Å². The highest BCUT2D eigenvalue weighted by Gasteiger charge is 2.31. The lowest BCUT2D eigenvalue weighted by atomic mass is 9.98. The third kappa shape index (κ3) is 6.40. The van der Waals surface area contributed by atoms with Crippen molar-refractivity contribution < 1.29 is 17.9 Å². The summed E-state index contributed by atoms with van der Waals surface area (Å²) in [6.07, 6.45) is 5.82. The van der Waals surface area contributed by atoms with Gasteiger partial charge >= 0.3 is 5.97 Å². The van der Waals surface area contributed by atoms with Crippen molar-refractivity contribution in [3.63, 3.8) is 0 Å². The minimum atomic E-state index is -4.09. The van der Waals surface area contributed by atoms with E-state index in [1.807, 2.05) is 86.1 Å². The molecule has 0 amide bonds. The van der Waals surface area contributed by atoms with Crippen LogP contribution in [0.15, 0.2) is 71.2 Å². The van der Waals surface area contributed by atoms with Crippen molar-refractivity contribution in [3.8, 4) is 22.5 Å². The number of aromatic nitrogens is 2. The number of hydrogen-bond donors (Lipinski definition) is 1. The first-order valence-corrected chi connectivity index (χ1v) is 15.1. The molecule has 0 unspecified atom stereocenters. The number of nitrogens with zero attached hydrogens (tertiary/aromatic N) is 2. The molecule has 0 aliphatic rings. The number of sulfonamides is 1. The van der Waals surface area contributed by atoms with Crippen LogP contribution in [0.4, 0.5) is 0 Å². The lowest BCUT2D eigenvalue weighted by Gasteiger charge is -2.12. The average molecular weight is 552 g/mol. The van der Waals surface area contributed by atoms with Gasteiger partial charge in [-0.15, -0.1) is 11.3 Å². The van der Waals surface area contributed by atoms with Gasteiger partial charge in [-0.3, -0.25) is 0 Å². The second kappa shape index (κ2) is 12.1. The summed E-state index contributed by atoms with van der Waals surface area (Å²) in [5, 5.41) is 5.68. The molecule has 4 aromatic rings. The number of carbonyl (C=O) groups excluding carboxylic acids is 1. The smallest absolute Gasteiger partial charge is 0.339 e. The normalized spacial score (nSPS) is 11.7. The molecule has 0 bridgehead atoms. The van der Waals surface area contributed by atoms with E-state index in [1.54, 1.807) is 6.20 Å². The van der Waals surface area contributed by atoms with E-state index in [0.717, 1.165) is 41.1 Å². The number of esters is 1. The third-order valence-electron chi connectivity index (χ3n) is 6.05. The molecule has 2 N–H and O–H groups in total. The Kier molecular flexibility index (Phi) is 8.81. The number of nitrogens with two attached hydrogens (primary N) is 1. The minimum absolute atomic E-state index is 0.0136. The topological polar surface area (TPSA) is 104 Å². The molecule has 4 rings (SSSR count). The molecular formula is C29H33N3O4S2. The van der Waals surface area contributed by atoms with Crippen molar-refractivity contribution in [2.75, 3.05) is 6.61 Å². The Morgan fingerprint density at radius 3 is 2.53 bits per heavy atom. The lowest BCUT2D eigenvalue weighted by Crippen LogP contribution is -2.13. The fourth-order valence-corrected chi connectivity index (χ4v) is 6.86. The molecule has 0 saturated carbocycles. The summed E-state index contributed by atoms with van der Waals surface area (Å²) in [6, 6.07) is 17.5. The largest absolute Gasteiger partial charge is 0.462 e. The molecular weight excluding hydrogens is 518 g/mol. The highest BCUT2D eigenvalue weighted by atomic mass is 32.2. The third-order valence-corrected chi connectivity index (χ3v) is 8.73. The molecule has 0 spiro atoms. The predicted molar refractivity (Wildman–Crippen MR) is 152 cm³/mol. The quantitative estimate of drug-likeness (QED) is 0.178. The lowest BCUT2D eigenvalue weighted by molar-refractivity contribution is 0.0500. The Morgan fingerprint density at radius 1 is 1.11 bits per heavy atom. The number of imidazole rings is 1. The van der Waals surface area contributed by atoms with Gasteiger partial charge in [-0.2, -0.15) is 0 Å². The van der Waals surface area contributed by atoms with Crippen molar-refractivity contribution in [2.24, 2.45) is 11.1 Å². The summed E-state index contributed by atoms with van der Waals surface area (Å²) < 4.78 is 33.1. The summed E-state index contributed by atoms with van der Waals surface area (Å²) in [6.45, 7) is 6.86. The molecule has 0 radical (unpaired) electrons. The summed E-state index contributed by atoms with van der Waals surface area (Å²) in [5.74, 6) is 0.527. The van der Waals surface area contributed by atoms with Crippen molar-refractivity contribution in [1.82, 2.24) is 9.55 Å². The number of thiophene rings is 1. The Balaban J connectivity index is 1.80. The van der Waals surface area contributed by atoms with Crippen LogP contribution in [0.1, 0.15) is 54.4 Å². The van der Waals surface area contributed by atoms with Crippen LogP contribution in [0.2, 0.25) is 0 Å². The molecule has 2 aromatic heterocycles. The summed E-state index contributed by atoms with van der Waals surface area (Å²) in [4.78, 5) is 18.5. The number of ether oxygens (including phenoxy) is 1. The fraction of sp³-hybridized carbons (Fsp3) is 0.310. The average Bonchev–Trinajstić information content (AvgIpc) is 3.49. The van der Waals surface area contributed by atoms with Gasteiger partial charge in [-0.05, 0) is 36.0 Å². The van der Waals surface area contributed by atoms with E-state index in [-0.39, 0.29) is 16.7 Å². The van der Waals surface area contributed by atoms with Crippen LogP contribution in [-0.2, 0) is 27.7 Å². The van der Waals surface area contributed by atoms with E-state index in [2.05, 4.69) is 4.98 Å².